The molecule has 6 rings (SSSR count). The molecule has 4 aromatic rings. The van der Waals surface area contributed by atoms with Crippen LogP contribution in [0.25, 0.3) is 22.2 Å². The molecule has 2 aliphatic rings. The number of hydrogen-bond donors (Lipinski definition) is 0. The molecule has 4 heterocycles. The molecular weight excluding hydrogens is 466 g/mol. The van der Waals surface area contributed by atoms with Crippen molar-refractivity contribution in [1.82, 2.24) is 24.2 Å². The molecule has 8 heteroatoms. The Balaban J connectivity index is 1.04. The van der Waals surface area contributed by atoms with E-state index in [-0.39, 0.29) is 12.3 Å². The van der Waals surface area contributed by atoms with Gasteiger partial charge in [-0.25, -0.2) is 14.5 Å². The van der Waals surface area contributed by atoms with Crippen LogP contribution in [0.15, 0.2) is 67.3 Å². The van der Waals surface area contributed by atoms with Gasteiger partial charge in [0.15, 0.2) is 0 Å². The van der Waals surface area contributed by atoms with Crippen molar-refractivity contribution in [2.75, 3.05) is 19.7 Å². The highest BCUT2D eigenvalue weighted by molar-refractivity contribution is 5.81. The van der Waals surface area contributed by atoms with Crippen LogP contribution in [0.1, 0.15) is 43.9 Å². The first kappa shape index (κ1) is 23.7. The minimum absolute atomic E-state index is 0.0441. The van der Waals surface area contributed by atoms with Crippen LogP contribution in [0.5, 0.6) is 0 Å². The molecule has 0 spiro atoms. The van der Waals surface area contributed by atoms with Gasteiger partial charge in [0.25, 0.3) is 0 Å². The van der Waals surface area contributed by atoms with Crippen molar-refractivity contribution in [3.63, 3.8) is 0 Å². The number of likely N-dealkylation sites (tertiary alicyclic amines) is 1. The number of amides is 1. The van der Waals surface area contributed by atoms with Crippen molar-refractivity contribution in [3.05, 3.63) is 72.8 Å². The van der Waals surface area contributed by atoms with Gasteiger partial charge in [0, 0.05) is 38.0 Å². The third kappa shape index (κ3) is 5.39. The second kappa shape index (κ2) is 10.8. The Morgan fingerprint density at radius 2 is 1.89 bits per heavy atom. The van der Waals surface area contributed by atoms with E-state index in [9.17, 15) is 4.79 Å². The van der Waals surface area contributed by atoms with Gasteiger partial charge >= 0.3 is 6.09 Å². The molecule has 1 amide bonds. The zero-order valence-electron chi connectivity index (χ0n) is 21.0. The molecule has 2 aliphatic heterocycles. The Morgan fingerprint density at radius 1 is 1.03 bits per heavy atom. The summed E-state index contributed by atoms with van der Waals surface area (Å²) in [4.78, 5) is 19.0. The van der Waals surface area contributed by atoms with Crippen LogP contribution in [0.3, 0.4) is 0 Å². The van der Waals surface area contributed by atoms with E-state index >= 15 is 0 Å². The third-order valence-corrected chi connectivity index (χ3v) is 7.54. The zero-order valence-corrected chi connectivity index (χ0v) is 21.0. The normalized spacial score (nSPS) is 18.8. The standard InChI is InChI=1S/C29H33N5O3/c35-29(37-20-23-6-2-1-3-7-23)32-13-11-22(12-14-32)18-33-21-30-26-16-24(9-10-27(26)33)25-17-31-34(19-25)28-8-4-5-15-36-28/h1-3,6-7,9-10,16-17,19,21-22,28H,4-5,8,11-15,18,20H2. The number of fused-ring (bicyclic) bond motifs is 1. The van der Waals surface area contributed by atoms with Gasteiger partial charge in [-0.15, -0.1) is 0 Å². The Kier molecular flexibility index (Phi) is 6.90. The molecule has 37 heavy (non-hydrogen) atoms. The minimum Gasteiger partial charge on any atom is -0.445 e. The lowest BCUT2D eigenvalue weighted by Gasteiger charge is -2.31. The SMILES string of the molecule is O=C(OCc1ccccc1)N1CCC(Cn2cnc3cc(-c4cnn(C5CCCCO5)c4)ccc32)CC1. The third-order valence-electron chi connectivity index (χ3n) is 7.54. The molecule has 0 bridgehead atoms. The highest BCUT2D eigenvalue weighted by atomic mass is 16.6. The van der Waals surface area contributed by atoms with Crippen molar-refractivity contribution in [2.45, 2.75) is 51.5 Å². The van der Waals surface area contributed by atoms with E-state index in [0.29, 0.717) is 12.5 Å². The van der Waals surface area contributed by atoms with Gasteiger partial charge in [0.1, 0.15) is 12.8 Å². The zero-order chi connectivity index (χ0) is 25.0. The average Bonchev–Trinajstić information content (AvgIpc) is 3.61. The second-order valence-electron chi connectivity index (χ2n) is 10.1. The number of aromatic nitrogens is 4. The van der Waals surface area contributed by atoms with Crippen molar-refractivity contribution < 1.29 is 14.3 Å². The van der Waals surface area contributed by atoms with E-state index < -0.39 is 0 Å². The van der Waals surface area contributed by atoms with E-state index in [4.69, 9.17) is 9.47 Å². The first-order chi connectivity index (χ1) is 18.2. The van der Waals surface area contributed by atoms with Gasteiger partial charge in [0.05, 0.1) is 23.6 Å². The van der Waals surface area contributed by atoms with Crippen LogP contribution in [0.2, 0.25) is 0 Å². The van der Waals surface area contributed by atoms with Crippen LogP contribution in [0.4, 0.5) is 4.79 Å². The summed E-state index contributed by atoms with van der Waals surface area (Å²) in [7, 11) is 0. The number of hydrogen-bond acceptors (Lipinski definition) is 5. The van der Waals surface area contributed by atoms with E-state index in [1.807, 2.05) is 52.4 Å². The van der Waals surface area contributed by atoms with E-state index in [1.54, 1.807) is 0 Å². The minimum atomic E-state index is -0.221. The van der Waals surface area contributed by atoms with Crippen LogP contribution in [-0.2, 0) is 22.6 Å². The number of nitrogens with zero attached hydrogens (tertiary/aromatic N) is 5. The molecule has 0 aliphatic carbocycles. The molecular formula is C29H33N5O3. The molecule has 0 saturated carbocycles. The molecule has 2 aromatic heterocycles. The lowest BCUT2D eigenvalue weighted by atomic mass is 9.97. The van der Waals surface area contributed by atoms with Gasteiger partial charge < -0.3 is 18.9 Å². The first-order valence-electron chi connectivity index (χ1n) is 13.3. The van der Waals surface area contributed by atoms with Crippen LogP contribution < -0.4 is 0 Å². The quantitative estimate of drug-likeness (QED) is 0.343. The number of carbonyl (C=O) groups excluding carboxylic acids is 1. The fraction of sp³-hybridized carbons (Fsp3) is 0.414. The van der Waals surface area contributed by atoms with E-state index in [0.717, 1.165) is 79.6 Å². The monoisotopic (exact) mass is 499 g/mol. The number of rotatable bonds is 6. The summed E-state index contributed by atoms with van der Waals surface area (Å²) >= 11 is 0. The summed E-state index contributed by atoms with van der Waals surface area (Å²) in [5.41, 5.74) is 5.32. The maximum atomic E-state index is 12.5. The highest BCUT2D eigenvalue weighted by Gasteiger charge is 2.24. The number of benzene rings is 2. The maximum absolute atomic E-state index is 12.5. The Labute approximate surface area is 216 Å². The topological polar surface area (TPSA) is 74.4 Å². The van der Waals surface area contributed by atoms with Gasteiger partial charge in [-0.05, 0) is 61.3 Å². The van der Waals surface area contributed by atoms with Crippen molar-refractivity contribution in [3.8, 4) is 11.1 Å². The number of piperidine rings is 1. The molecule has 2 aromatic carbocycles. The smallest absolute Gasteiger partial charge is 0.410 e. The average molecular weight is 500 g/mol. The summed E-state index contributed by atoms with van der Waals surface area (Å²) in [5.74, 6) is 0.504. The summed E-state index contributed by atoms with van der Waals surface area (Å²) in [5, 5.41) is 4.55. The second-order valence-corrected chi connectivity index (χ2v) is 10.1. The van der Waals surface area contributed by atoms with Crippen LogP contribution in [-0.4, -0.2) is 50.0 Å². The van der Waals surface area contributed by atoms with Crippen molar-refractivity contribution in [1.29, 1.82) is 0 Å². The number of imidazole rings is 1. The Hall–Kier alpha value is -3.65. The predicted molar refractivity (Wildman–Crippen MR) is 141 cm³/mol. The van der Waals surface area contributed by atoms with Crippen molar-refractivity contribution >= 4 is 17.1 Å². The Morgan fingerprint density at radius 3 is 2.70 bits per heavy atom. The predicted octanol–water partition coefficient (Wildman–Crippen LogP) is 5.65. The molecule has 8 nitrogen and oxygen atoms in total. The lowest BCUT2D eigenvalue weighted by molar-refractivity contribution is -0.0394. The summed E-state index contributed by atoms with van der Waals surface area (Å²) in [6, 6.07) is 16.3. The lowest BCUT2D eigenvalue weighted by Crippen LogP contribution is -2.39. The molecule has 1 atom stereocenters. The van der Waals surface area contributed by atoms with E-state index in [1.165, 1.54) is 6.42 Å². The van der Waals surface area contributed by atoms with E-state index in [2.05, 4.69) is 39.0 Å². The molecule has 2 fully saturated rings. The fourth-order valence-electron chi connectivity index (χ4n) is 5.35. The van der Waals surface area contributed by atoms with Crippen LogP contribution in [0, 0.1) is 5.92 Å². The van der Waals surface area contributed by atoms with Gasteiger partial charge in [0.2, 0.25) is 0 Å². The summed E-state index contributed by atoms with van der Waals surface area (Å²) in [6.07, 6.45) is 11.0. The molecule has 192 valence electrons. The highest BCUT2D eigenvalue weighted by Crippen LogP contribution is 2.28. The molecule has 0 radical (unpaired) electrons. The summed E-state index contributed by atoms with van der Waals surface area (Å²) in [6.45, 7) is 3.48. The Bertz CT molecular complexity index is 1330. The largest absolute Gasteiger partial charge is 0.445 e. The van der Waals surface area contributed by atoms with Crippen molar-refractivity contribution in [2.24, 2.45) is 5.92 Å². The number of carbonyl (C=O) groups is 1. The first-order valence-corrected chi connectivity index (χ1v) is 13.3. The number of ether oxygens (including phenoxy) is 2. The van der Waals surface area contributed by atoms with Gasteiger partial charge in [-0.2, -0.15) is 5.10 Å². The van der Waals surface area contributed by atoms with Gasteiger partial charge in [-0.3, -0.25) is 0 Å². The molecule has 1 unspecified atom stereocenters. The summed E-state index contributed by atoms with van der Waals surface area (Å²) < 4.78 is 15.6. The fourth-order valence-corrected chi connectivity index (χ4v) is 5.35. The molecule has 0 N–H and O–H groups in total. The maximum Gasteiger partial charge on any atom is 0.410 e. The van der Waals surface area contributed by atoms with Crippen LogP contribution >= 0.6 is 0 Å². The molecule has 2 saturated heterocycles. The van der Waals surface area contributed by atoms with Gasteiger partial charge in [-0.1, -0.05) is 36.4 Å².